The van der Waals surface area contributed by atoms with Crippen molar-refractivity contribution in [2.75, 3.05) is 31.7 Å². The first kappa shape index (κ1) is 15.2. The van der Waals surface area contributed by atoms with Crippen molar-refractivity contribution in [3.05, 3.63) is 18.2 Å². The van der Waals surface area contributed by atoms with E-state index in [0.29, 0.717) is 17.2 Å². The lowest BCUT2D eigenvalue weighted by Crippen LogP contribution is -2.41. The maximum absolute atomic E-state index is 12.6. The monoisotopic (exact) mass is 304 g/mol. The van der Waals surface area contributed by atoms with Gasteiger partial charge in [0.25, 0.3) is 0 Å². The fourth-order valence-electron chi connectivity index (χ4n) is 3.12. The van der Waals surface area contributed by atoms with Crippen LogP contribution in [0.25, 0.3) is 0 Å². The number of anilines is 1. The summed E-state index contributed by atoms with van der Waals surface area (Å²) in [6.07, 6.45) is 4.45. The van der Waals surface area contributed by atoms with Crippen LogP contribution in [0.1, 0.15) is 32.6 Å². The minimum Gasteiger partial charge on any atom is -0.454 e. The van der Waals surface area contributed by atoms with Crippen LogP contribution in [0, 0.1) is 5.92 Å². The molecule has 1 aromatic rings. The summed E-state index contributed by atoms with van der Waals surface area (Å²) in [6, 6.07) is 5.59. The molecule has 5 nitrogen and oxygen atoms in total. The molecule has 2 heterocycles. The van der Waals surface area contributed by atoms with Crippen molar-refractivity contribution in [2.24, 2.45) is 5.92 Å². The molecule has 5 heteroatoms. The van der Waals surface area contributed by atoms with E-state index in [0.717, 1.165) is 32.5 Å². The minimum atomic E-state index is 0.0591. The Bertz CT molecular complexity index is 533. The van der Waals surface area contributed by atoms with E-state index in [2.05, 4.69) is 17.1 Å². The number of carbonyl (C=O) groups is 1. The molecule has 0 aromatic heterocycles. The van der Waals surface area contributed by atoms with Gasteiger partial charge in [0, 0.05) is 6.54 Å². The Morgan fingerprint density at radius 3 is 3.18 bits per heavy atom. The predicted octanol–water partition coefficient (Wildman–Crippen LogP) is 2.87. The number of likely N-dealkylation sites (tertiary alicyclic amines) is 1. The van der Waals surface area contributed by atoms with Crippen LogP contribution in [0.5, 0.6) is 11.5 Å². The molecule has 1 fully saturated rings. The summed E-state index contributed by atoms with van der Waals surface area (Å²) in [6.45, 7) is 5.49. The van der Waals surface area contributed by atoms with Crippen molar-refractivity contribution < 1.29 is 14.3 Å². The number of nitrogens with zero attached hydrogens (tertiary/aromatic N) is 1. The number of piperidine rings is 1. The fraction of sp³-hybridized carbons (Fsp3) is 0.588. The largest absolute Gasteiger partial charge is 0.454 e. The quantitative estimate of drug-likeness (QED) is 0.909. The molecule has 1 saturated heterocycles. The zero-order valence-corrected chi connectivity index (χ0v) is 13.1. The van der Waals surface area contributed by atoms with Gasteiger partial charge in [0.05, 0.1) is 11.6 Å². The molecule has 22 heavy (non-hydrogen) atoms. The standard InChI is InChI=1S/C17H24N2O3/c1-2-3-9-19-10-5-6-13(11-19)17(20)18-14-7-4-8-15-16(14)22-12-21-15/h4,7-8,13H,2-3,5-6,9-12H2,1H3,(H,18,20). The number of nitrogens with one attached hydrogen (secondary N) is 1. The number of hydrogen-bond donors (Lipinski definition) is 1. The molecular weight excluding hydrogens is 280 g/mol. The molecule has 120 valence electrons. The molecular formula is C17H24N2O3. The Balaban J connectivity index is 1.61. The van der Waals surface area contributed by atoms with Crippen LogP contribution in [0.3, 0.4) is 0 Å². The van der Waals surface area contributed by atoms with Gasteiger partial charge >= 0.3 is 0 Å². The summed E-state index contributed by atoms with van der Waals surface area (Å²) >= 11 is 0. The van der Waals surface area contributed by atoms with Crippen LogP contribution in [0.4, 0.5) is 5.69 Å². The minimum absolute atomic E-state index is 0.0591. The highest BCUT2D eigenvalue weighted by atomic mass is 16.7. The molecule has 1 amide bonds. The van der Waals surface area contributed by atoms with Crippen LogP contribution in [0.15, 0.2) is 18.2 Å². The van der Waals surface area contributed by atoms with Gasteiger partial charge in [0.1, 0.15) is 0 Å². The highest BCUT2D eigenvalue weighted by Gasteiger charge is 2.27. The van der Waals surface area contributed by atoms with Crippen molar-refractivity contribution in [2.45, 2.75) is 32.6 Å². The van der Waals surface area contributed by atoms with E-state index in [1.807, 2.05) is 18.2 Å². The van der Waals surface area contributed by atoms with Gasteiger partial charge in [0.2, 0.25) is 12.7 Å². The van der Waals surface area contributed by atoms with Crippen LogP contribution < -0.4 is 14.8 Å². The average molecular weight is 304 g/mol. The van der Waals surface area contributed by atoms with Crippen LogP contribution in [0.2, 0.25) is 0 Å². The summed E-state index contributed by atoms with van der Waals surface area (Å²) in [5.74, 6) is 1.49. The van der Waals surface area contributed by atoms with Gasteiger partial charge < -0.3 is 19.7 Å². The second-order valence-electron chi connectivity index (χ2n) is 6.02. The van der Waals surface area contributed by atoms with E-state index in [1.165, 1.54) is 12.8 Å². The SMILES string of the molecule is CCCCN1CCCC(C(=O)Nc2cccc3c2OCO3)C1. The van der Waals surface area contributed by atoms with Gasteiger partial charge in [-0.15, -0.1) is 0 Å². The van der Waals surface area contributed by atoms with Crippen molar-refractivity contribution in [3.8, 4) is 11.5 Å². The summed E-state index contributed by atoms with van der Waals surface area (Å²) in [4.78, 5) is 15.0. The molecule has 0 saturated carbocycles. The number of unbranched alkanes of at least 4 members (excludes halogenated alkanes) is 1. The fourth-order valence-corrected chi connectivity index (χ4v) is 3.12. The lowest BCUT2D eigenvalue weighted by Gasteiger charge is -2.31. The van der Waals surface area contributed by atoms with Gasteiger partial charge in [-0.25, -0.2) is 0 Å². The van der Waals surface area contributed by atoms with E-state index in [9.17, 15) is 4.79 Å². The second-order valence-corrected chi connectivity index (χ2v) is 6.02. The van der Waals surface area contributed by atoms with Gasteiger partial charge in [0.15, 0.2) is 11.5 Å². The first-order valence-electron chi connectivity index (χ1n) is 8.19. The van der Waals surface area contributed by atoms with Crippen molar-refractivity contribution in [1.29, 1.82) is 0 Å². The van der Waals surface area contributed by atoms with Crippen molar-refractivity contribution in [3.63, 3.8) is 0 Å². The molecule has 2 aliphatic rings. The van der Waals surface area contributed by atoms with Gasteiger partial charge in [-0.1, -0.05) is 19.4 Å². The van der Waals surface area contributed by atoms with Gasteiger partial charge in [-0.2, -0.15) is 0 Å². The van der Waals surface area contributed by atoms with Gasteiger partial charge in [-0.05, 0) is 44.5 Å². The number of amides is 1. The van der Waals surface area contributed by atoms with Crippen LogP contribution in [-0.4, -0.2) is 37.2 Å². The Morgan fingerprint density at radius 2 is 2.32 bits per heavy atom. The lowest BCUT2D eigenvalue weighted by atomic mass is 9.96. The third-order valence-corrected chi connectivity index (χ3v) is 4.36. The number of fused-ring (bicyclic) bond motifs is 1. The summed E-state index contributed by atoms with van der Waals surface area (Å²) in [5.41, 5.74) is 0.714. The van der Waals surface area contributed by atoms with Crippen LogP contribution >= 0.6 is 0 Å². The smallest absolute Gasteiger partial charge is 0.231 e. The highest BCUT2D eigenvalue weighted by Crippen LogP contribution is 2.39. The first-order valence-corrected chi connectivity index (χ1v) is 8.19. The summed E-state index contributed by atoms with van der Waals surface area (Å²) in [5, 5.41) is 3.02. The molecule has 2 aliphatic heterocycles. The number of ether oxygens (including phenoxy) is 2. The summed E-state index contributed by atoms with van der Waals surface area (Å²) in [7, 11) is 0. The second kappa shape index (κ2) is 7.01. The molecule has 1 atom stereocenters. The molecule has 1 aromatic carbocycles. The van der Waals surface area contributed by atoms with E-state index < -0.39 is 0 Å². The highest BCUT2D eigenvalue weighted by molar-refractivity contribution is 5.94. The maximum atomic E-state index is 12.6. The normalized spacial score (nSPS) is 20.9. The maximum Gasteiger partial charge on any atom is 0.231 e. The van der Waals surface area contributed by atoms with E-state index >= 15 is 0 Å². The number of hydrogen-bond acceptors (Lipinski definition) is 4. The number of carbonyl (C=O) groups excluding carboxylic acids is 1. The van der Waals surface area contributed by atoms with Crippen molar-refractivity contribution in [1.82, 2.24) is 4.90 Å². The molecule has 0 spiro atoms. The zero-order valence-electron chi connectivity index (χ0n) is 13.1. The average Bonchev–Trinajstić information content (AvgIpc) is 3.03. The Hall–Kier alpha value is -1.75. The molecule has 1 unspecified atom stereocenters. The zero-order chi connectivity index (χ0) is 15.4. The molecule has 0 aliphatic carbocycles. The lowest BCUT2D eigenvalue weighted by molar-refractivity contribution is -0.121. The van der Waals surface area contributed by atoms with Crippen molar-refractivity contribution >= 4 is 11.6 Å². The Labute approximate surface area is 131 Å². The van der Waals surface area contributed by atoms with E-state index in [1.54, 1.807) is 0 Å². The van der Waals surface area contributed by atoms with E-state index in [-0.39, 0.29) is 18.6 Å². The topological polar surface area (TPSA) is 50.8 Å². The third-order valence-electron chi connectivity index (χ3n) is 4.36. The number of rotatable bonds is 5. The molecule has 3 rings (SSSR count). The summed E-state index contributed by atoms with van der Waals surface area (Å²) < 4.78 is 10.8. The Morgan fingerprint density at radius 1 is 1.41 bits per heavy atom. The third kappa shape index (κ3) is 3.35. The molecule has 0 radical (unpaired) electrons. The number of para-hydroxylation sites is 1. The Kier molecular flexibility index (Phi) is 4.83. The van der Waals surface area contributed by atoms with E-state index in [4.69, 9.17) is 9.47 Å². The molecule has 1 N–H and O–H groups in total. The van der Waals surface area contributed by atoms with Gasteiger partial charge in [-0.3, -0.25) is 4.79 Å². The van der Waals surface area contributed by atoms with Crippen LogP contribution in [-0.2, 0) is 4.79 Å². The molecule has 0 bridgehead atoms. The predicted molar refractivity (Wildman–Crippen MR) is 85.3 cm³/mol. The first-order chi connectivity index (χ1) is 10.8. The number of benzene rings is 1.